The molecular formula is C18H17N3O2S. The summed E-state index contributed by atoms with van der Waals surface area (Å²) in [5.41, 5.74) is 2.69. The molecule has 1 atom stereocenters. The molecule has 3 rings (SSSR count). The highest BCUT2D eigenvalue weighted by molar-refractivity contribution is 8.00. The number of anilines is 1. The maximum absolute atomic E-state index is 12.3. The zero-order valence-electron chi connectivity index (χ0n) is 13.4. The normalized spacial score (nSPS) is 11.9. The second-order valence-corrected chi connectivity index (χ2v) is 6.60. The van der Waals surface area contributed by atoms with Gasteiger partial charge in [-0.05, 0) is 37.6 Å². The smallest absolute Gasteiger partial charge is 0.277 e. The summed E-state index contributed by atoms with van der Waals surface area (Å²) < 4.78 is 5.63. The molecule has 1 heterocycles. The SMILES string of the molecule is Cc1ccccc1NC(=O)C(C)Sc1nnc(-c2ccccc2)o1. The van der Waals surface area contributed by atoms with E-state index in [-0.39, 0.29) is 11.2 Å². The van der Waals surface area contributed by atoms with Crippen molar-refractivity contribution < 1.29 is 9.21 Å². The van der Waals surface area contributed by atoms with Gasteiger partial charge >= 0.3 is 0 Å². The molecule has 1 amide bonds. The Bertz CT molecular complexity index is 833. The number of thioether (sulfide) groups is 1. The molecule has 0 radical (unpaired) electrons. The van der Waals surface area contributed by atoms with Gasteiger partial charge in [0.15, 0.2) is 0 Å². The number of aromatic nitrogens is 2. The number of nitrogens with zero attached hydrogens (tertiary/aromatic N) is 2. The van der Waals surface area contributed by atoms with Gasteiger partial charge in [0, 0.05) is 11.3 Å². The van der Waals surface area contributed by atoms with E-state index in [2.05, 4.69) is 15.5 Å². The summed E-state index contributed by atoms with van der Waals surface area (Å²) in [5, 5.41) is 11.0. The molecule has 5 nitrogen and oxygen atoms in total. The van der Waals surface area contributed by atoms with Crippen molar-refractivity contribution in [1.29, 1.82) is 0 Å². The molecule has 0 spiro atoms. The maximum atomic E-state index is 12.3. The molecule has 6 heteroatoms. The van der Waals surface area contributed by atoms with Crippen molar-refractivity contribution in [2.45, 2.75) is 24.3 Å². The highest BCUT2D eigenvalue weighted by Gasteiger charge is 2.19. The Balaban J connectivity index is 1.65. The van der Waals surface area contributed by atoms with Gasteiger partial charge in [-0.25, -0.2) is 0 Å². The van der Waals surface area contributed by atoms with Gasteiger partial charge in [-0.2, -0.15) is 0 Å². The average Bonchev–Trinajstić information content (AvgIpc) is 3.06. The van der Waals surface area contributed by atoms with E-state index in [0.29, 0.717) is 11.1 Å². The van der Waals surface area contributed by atoms with Crippen molar-refractivity contribution in [3.63, 3.8) is 0 Å². The Morgan fingerprint density at radius 3 is 2.54 bits per heavy atom. The van der Waals surface area contributed by atoms with E-state index in [1.807, 2.05) is 68.4 Å². The summed E-state index contributed by atoms with van der Waals surface area (Å²) in [6.45, 7) is 3.77. The van der Waals surface area contributed by atoms with Crippen LogP contribution in [0.4, 0.5) is 5.69 Å². The van der Waals surface area contributed by atoms with Crippen molar-refractivity contribution >= 4 is 23.4 Å². The minimum Gasteiger partial charge on any atom is -0.411 e. The summed E-state index contributed by atoms with van der Waals surface area (Å²) >= 11 is 1.24. The number of hydrogen-bond donors (Lipinski definition) is 1. The molecule has 0 saturated heterocycles. The van der Waals surface area contributed by atoms with Gasteiger partial charge in [-0.3, -0.25) is 4.79 Å². The Morgan fingerprint density at radius 2 is 1.79 bits per heavy atom. The van der Waals surface area contributed by atoms with Crippen LogP contribution in [0.5, 0.6) is 0 Å². The minimum atomic E-state index is -0.353. The average molecular weight is 339 g/mol. The van der Waals surface area contributed by atoms with Crippen LogP contribution in [0.1, 0.15) is 12.5 Å². The monoisotopic (exact) mass is 339 g/mol. The first-order chi connectivity index (χ1) is 11.6. The van der Waals surface area contributed by atoms with Gasteiger partial charge < -0.3 is 9.73 Å². The summed E-state index contributed by atoms with van der Waals surface area (Å²) in [4.78, 5) is 12.3. The van der Waals surface area contributed by atoms with Gasteiger partial charge in [0.25, 0.3) is 5.22 Å². The molecule has 1 N–H and O–H groups in total. The summed E-state index contributed by atoms with van der Waals surface area (Å²) in [7, 11) is 0. The molecule has 0 aliphatic rings. The summed E-state index contributed by atoms with van der Waals surface area (Å²) in [6.07, 6.45) is 0. The largest absolute Gasteiger partial charge is 0.411 e. The number of carbonyl (C=O) groups is 1. The molecular weight excluding hydrogens is 322 g/mol. The molecule has 122 valence electrons. The first-order valence-electron chi connectivity index (χ1n) is 7.55. The Hall–Kier alpha value is -2.60. The Morgan fingerprint density at radius 1 is 1.08 bits per heavy atom. The first kappa shape index (κ1) is 16.3. The number of nitrogens with one attached hydrogen (secondary N) is 1. The van der Waals surface area contributed by atoms with E-state index in [0.717, 1.165) is 16.8 Å². The fraction of sp³-hybridized carbons (Fsp3) is 0.167. The topological polar surface area (TPSA) is 68.0 Å². The fourth-order valence-electron chi connectivity index (χ4n) is 2.11. The van der Waals surface area contributed by atoms with E-state index in [1.165, 1.54) is 11.8 Å². The summed E-state index contributed by atoms with van der Waals surface area (Å²) in [5.74, 6) is 0.346. The van der Waals surface area contributed by atoms with Crippen LogP contribution >= 0.6 is 11.8 Å². The lowest BCUT2D eigenvalue weighted by molar-refractivity contribution is -0.115. The third-order valence-corrected chi connectivity index (χ3v) is 4.41. The van der Waals surface area contributed by atoms with Crippen molar-refractivity contribution in [3.8, 4) is 11.5 Å². The molecule has 3 aromatic rings. The number of amides is 1. The molecule has 0 saturated carbocycles. The van der Waals surface area contributed by atoms with E-state index < -0.39 is 0 Å². The maximum Gasteiger partial charge on any atom is 0.277 e. The number of carbonyl (C=O) groups excluding carboxylic acids is 1. The molecule has 0 fully saturated rings. The van der Waals surface area contributed by atoms with Crippen LogP contribution in [-0.4, -0.2) is 21.4 Å². The van der Waals surface area contributed by atoms with Crippen molar-refractivity contribution in [2.75, 3.05) is 5.32 Å². The Labute approximate surface area is 144 Å². The van der Waals surface area contributed by atoms with Gasteiger partial charge in [-0.1, -0.05) is 48.2 Å². The zero-order chi connectivity index (χ0) is 16.9. The third kappa shape index (κ3) is 3.83. The predicted molar refractivity (Wildman–Crippen MR) is 94.9 cm³/mol. The van der Waals surface area contributed by atoms with Gasteiger partial charge in [0.1, 0.15) is 0 Å². The van der Waals surface area contributed by atoms with Crippen LogP contribution in [-0.2, 0) is 4.79 Å². The third-order valence-electron chi connectivity index (χ3n) is 3.48. The minimum absolute atomic E-state index is 0.103. The first-order valence-corrected chi connectivity index (χ1v) is 8.43. The highest BCUT2D eigenvalue weighted by atomic mass is 32.2. The quantitative estimate of drug-likeness (QED) is 0.707. The molecule has 0 bridgehead atoms. The van der Waals surface area contributed by atoms with Crippen LogP contribution in [0, 0.1) is 6.92 Å². The molecule has 0 aliphatic carbocycles. The molecule has 0 aliphatic heterocycles. The summed E-state index contributed by atoms with van der Waals surface area (Å²) in [6, 6.07) is 17.2. The lowest BCUT2D eigenvalue weighted by atomic mass is 10.2. The molecule has 1 unspecified atom stereocenters. The lowest BCUT2D eigenvalue weighted by Gasteiger charge is -2.11. The number of benzene rings is 2. The van der Waals surface area contributed by atoms with Crippen LogP contribution in [0.3, 0.4) is 0 Å². The number of rotatable bonds is 5. The number of hydrogen-bond acceptors (Lipinski definition) is 5. The molecule has 1 aromatic heterocycles. The van der Waals surface area contributed by atoms with Gasteiger partial charge in [-0.15, -0.1) is 10.2 Å². The highest BCUT2D eigenvalue weighted by Crippen LogP contribution is 2.26. The van der Waals surface area contributed by atoms with Crippen LogP contribution in [0.2, 0.25) is 0 Å². The van der Waals surface area contributed by atoms with Gasteiger partial charge in [0.2, 0.25) is 11.8 Å². The van der Waals surface area contributed by atoms with Crippen molar-refractivity contribution in [2.24, 2.45) is 0 Å². The van der Waals surface area contributed by atoms with Crippen LogP contribution < -0.4 is 5.32 Å². The Kier molecular flexibility index (Phi) is 4.96. The fourth-order valence-corrected chi connectivity index (χ4v) is 2.79. The zero-order valence-corrected chi connectivity index (χ0v) is 14.2. The van der Waals surface area contributed by atoms with E-state index in [1.54, 1.807) is 0 Å². The second-order valence-electron chi connectivity index (χ2n) is 5.30. The molecule has 24 heavy (non-hydrogen) atoms. The van der Waals surface area contributed by atoms with Gasteiger partial charge in [0.05, 0.1) is 5.25 Å². The van der Waals surface area contributed by atoms with Crippen LogP contribution in [0.15, 0.2) is 64.2 Å². The van der Waals surface area contributed by atoms with Crippen molar-refractivity contribution in [1.82, 2.24) is 10.2 Å². The van der Waals surface area contributed by atoms with E-state index in [4.69, 9.17) is 4.42 Å². The van der Waals surface area contributed by atoms with Crippen LogP contribution in [0.25, 0.3) is 11.5 Å². The predicted octanol–water partition coefficient (Wildman–Crippen LogP) is 4.16. The number of aryl methyl sites for hydroxylation is 1. The number of para-hydroxylation sites is 1. The molecule has 2 aromatic carbocycles. The lowest BCUT2D eigenvalue weighted by Crippen LogP contribution is -2.22. The second kappa shape index (κ2) is 7.31. The van der Waals surface area contributed by atoms with E-state index >= 15 is 0 Å². The van der Waals surface area contributed by atoms with E-state index in [9.17, 15) is 4.79 Å². The van der Waals surface area contributed by atoms with Crippen molar-refractivity contribution in [3.05, 3.63) is 60.2 Å². The standard InChI is InChI=1S/C18H17N3O2S/c1-12-8-6-7-11-15(12)19-16(22)13(2)24-18-21-20-17(23-18)14-9-4-3-5-10-14/h3-11,13H,1-2H3,(H,19,22).